The van der Waals surface area contributed by atoms with Crippen LogP contribution in [0.1, 0.15) is 23.3 Å². The van der Waals surface area contributed by atoms with Crippen molar-refractivity contribution in [3.05, 3.63) is 34.3 Å². The van der Waals surface area contributed by atoms with Crippen LogP contribution in [-0.2, 0) is 0 Å². The maximum atomic E-state index is 12.8. The first-order valence-corrected chi connectivity index (χ1v) is 9.43. The lowest BCUT2D eigenvalue weighted by molar-refractivity contribution is 0.0341. The van der Waals surface area contributed by atoms with Crippen LogP contribution in [0.15, 0.2) is 18.2 Å². The van der Waals surface area contributed by atoms with Crippen molar-refractivity contribution in [1.29, 1.82) is 0 Å². The molecule has 1 aliphatic heterocycles. The van der Waals surface area contributed by atoms with Crippen molar-refractivity contribution in [3.63, 3.8) is 0 Å². The van der Waals surface area contributed by atoms with Crippen molar-refractivity contribution < 1.29 is 13.6 Å². The number of carbonyl (C=O) groups is 1. The van der Waals surface area contributed by atoms with E-state index in [1.54, 1.807) is 18.2 Å². The van der Waals surface area contributed by atoms with Crippen LogP contribution in [0.3, 0.4) is 0 Å². The fourth-order valence-electron chi connectivity index (χ4n) is 3.00. The van der Waals surface area contributed by atoms with Crippen molar-refractivity contribution in [3.8, 4) is 0 Å². The number of primary amides is 1. The molecule has 11 heteroatoms. The van der Waals surface area contributed by atoms with Crippen molar-refractivity contribution >= 4 is 36.1 Å². The SMILES string of the molecule is C=c1ccc(Nc2nc(N[C@H]3CCCNC3)nnc2C(N)=O)c/c1=C/N(C)C(F)F. The zero-order valence-corrected chi connectivity index (χ0v) is 16.5. The minimum Gasteiger partial charge on any atom is -0.364 e. The Balaban J connectivity index is 1.90. The zero-order valence-electron chi connectivity index (χ0n) is 16.5. The molecule has 1 fully saturated rings. The number of hydrogen-bond acceptors (Lipinski definition) is 8. The molecule has 1 saturated heterocycles. The third-order valence-electron chi connectivity index (χ3n) is 4.61. The largest absolute Gasteiger partial charge is 0.364 e. The maximum absolute atomic E-state index is 12.8. The molecule has 0 radical (unpaired) electrons. The van der Waals surface area contributed by atoms with E-state index in [0.717, 1.165) is 30.8 Å². The smallest absolute Gasteiger partial charge is 0.314 e. The quantitative estimate of drug-likeness (QED) is 0.470. The highest BCUT2D eigenvalue weighted by molar-refractivity contribution is 5.96. The fraction of sp³-hybridized carbons (Fsp3) is 0.368. The second kappa shape index (κ2) is 9.44. The van der Waals surface area contributed by atoms with Gasteiger partial charge in [-0.3, -0.25) is 4.79 Å². The van der Waals surface area contributed by atoms with Crippen LogP contribution in [0, 0.1) is 0 Å². The van der Waals surface area contributed by atoms with Crippen LogP contribution in [-0.4, -0.2) is 58.7 Å². The first-order valence-electron chi connectivity index (χ1n) is 9.43. The van der Waals surface area contributed by atoms with E-state index in [4.69, 9.17) is 5.73 Å². The minimum atomic E-state index is -2.64. The standard InChI is InChI=1S/C19H24F2N8O/c1-11-5-6-13(8-12(11)10-29(2)18(20)21)24-17-15(16(22)30)27-28-19(26-17)25-14-4-3-7-23-9-14/h5-6,8,10,14,18,23H,1,3-4,7,9H2,2H3,(H2,22,30)(H2,24,25,26,28)/b12-10-/t14-/m0/s1. The average molecular weight is 418 g/mol. The number of alkyl halides is 2. The summed E-state index contributed by atoms with van der Waals surface area (Å²) in [5.41, 5.74) is 5.77. The number of carbonyl (C=O) groups excluding carboxylic acids is 1. The Labute approximate surface area is 172 Å². The van der Waals surface area contributed by atoms with E-state index in [9.17, 15) is 13.6 Å². The molecule has 1 amide bonds. The number of piperidine rings is 1. The second-order valence-electron chi connectivity index (χ2n) is 7.00. The summed E-state index contributed by atoms with van der Waals surface area (Å²) in [5, 5.41) is 18.3. The summed E-state index contributed by atoms with van der Waals surface area (Å²) in [5.74, 6) is -0.413. The van der Waals surface area contributed by atoms with Gasteiger partial charge in [-0.15, -0.1) is 10.2 Å². The number of nitrogens with zero attached hydrogens (tertiary/aromatic N) is 4. The van der Waals surface area contributed by atoms with E-state index in [1.165, 1.54) is 13.2 Å². The van der Waals surface area contributed by atoms with Gasteiger partial charge in [-0.05, 0) is 42.0 Å². The third kappa shape index (κ3) is 5.38. The molecule has 2 aromatic rings. The fourth-order valence-corrected chi connectivity index (χ4v) is 3.00. The number of rotatable bonds is 7. The number of nitrogens with two attached hydrogens (primary N) is 1. The van der Waals surface area contributed by atoms with E-state index in [-0.39, 0.29) is 23.5 Å². The summed E-state index contributed by atoms with van der Waals surface area (Å²) in [7, 11) is 1.27. The van der Waals surface area contributed by atoms with Crippen LogP contribution in [0.5, 0.6) is 0 Å². The molecule has 0 saturated carbocycles. The Morgan fingerprint density at radius 2 is 2.23 bits per heavy atom. The molecular formula is C19H24F2N8O. The van der Waals surface area contributed by atoms with Crippen molar-refractivity contribution in [2.45, 2.75) is 25.4 Å². The van der Waals surface area contributed by atoms with Crippen molar-refractivity contribution in [2.24, 2.45) is 5.73 Å². The van der Waals surface area contributed by atoms with Gasteiger partial charge in [-0.1, -0.05) is 12.6 Å². The molecule has 30 heavy (non-hydrogen) atoms. The van der Waals surface area contributed by atoms with E-state index in [1.807, 2.05) is 0 Å². The first-order chi connectivity index (χ1) is 14.3. The van der Waals surface area contributed by atoms with E-state index in [0.29, 0.717) is 16.1 Å². The molecular weight excluding hydrogens is 394 g/mol. The highest BCUT2D eigenvalue weighted by atomic mass is 19.3. The Bertz CT molecular complexity index is 1010. The number of halogens is 2. The van der Waals surface area contributed by atoms with Gasteiger partial charge in [0.05, 0.1) is 0 Å². The number of benzene rings is 1. The van der Waals surface area contributed by atoms with Gasteiger partial charge >= 0.3 is 6.55 Å². The first kappa shape index (κ1) is 21.4. The number of anilines is 3. The minimum absolute atomic E-state index is 0.119. The monoisotopic (exact) mass is 418 g/mol. The summed E-state index contributed by atoms with van der Waals surface area (Å²) in [6.07, 6.45) is 3.27. The molecule has 0 aliphatic carbocycles. The molecule has 1 aromatic heterocycles. The van der Waals surface area contributed by atoms with Gasteiger partial charge in [0, 0.05) is 31.5 Å². The van der Waals surface area contributed by atoms with E-state index < -0.39 is 12.5 Å². The Morgan fingerprint density at radius 3 is 2.90 bits per heavy atom. The molecule has 0 bridgehead atoms. The molecule has 2 heterocycles. The summed E-state index contributed by atoms with van der Waals surface area (Å²) in [4.78, 5) is 16.9. The number of aromatic nitrogens is 3. The molecule has 5 N–H and O–H groups in total. The number of amides is 1. The van der Waals surface area contributed by atoms with Gasteiger partial charge in [-0.25, -0.2) is 0 Å². The Hall–Kier alpha value is -3.34. The van der Waals surface area contributed by atoms with Crippen LogP contribution in [0.4, 0.5) is 26.2 Å². The van der Waals surface area contributed by atoms with Crippen LogP contribution < -0.4 is 32.1 Å². The second-order valence-corrected chi connectivity index (χ2v) is 7.00. The molecule has 160 valence electrons. The van der Waals surface area contributed by atoms with Gasteiger partial charge in [0.25, 0.3) is 5.91 Å². The molecule has 1 aliphatic rings. The Morgan fingerprint density at radius 1 is 1.43 bits per heavy atom. The summed E-state index contributed by atoms with van der Waals surface area (Å²) in [6.45, 7) is 2.94. The molecule has 0 unspecified atom stereocenters. The Kier molecular flexibility index (Phi) is 6.72. The lowest BCUT2D eigenvalue weighted by Gasteiger charge is -2.23. The van der Waals surface area contributed by atoms with E-state index >= 15 is 0 Å². The zero-order chi connectivity index (χ0) is 21.7. The normalized spacial score (nSPS) is 17.1. The van der Waals surface area contributed by atoms with Crippen molar-refractivity contribution in [2.75, 3.05) is 30.8 Å². The molecule has 1 atom stereocenters. The highest BCUT2D eigenvalue weighted by Gasteiger charge is 2.18. The summed E-state index contributed by atoms with van der Waals surface area (Å²) < 4.78 is 25.7. The predicted octanol–water partition coefficient (Wildman–Crippen LogP) is 0.181. The lowest BCUT2D eigenvalue weighted by Crippen LogP contribution is -2.39. The van der Waals surface area contributed by atoms with Gasteiger partial charge < -0.3 is 26.6 Å². The van der Waals surface area contributed by atoms with Gasteiger partial charge in [0.1, 0.15) is 0 Å². The van der Waals surface area contributed by atoms with Gasteiger partial charge in [0.2, 0.25) is 5.95 Å². The number of nitrogens with one attached hydrogen (secondary N) is 3. The third-order valence-corrected chi connectivity index (χ3v) is 4.61. The van der Waals surface area contributed by atoms with Crippen LogP contribution >= 0.6 is 0 Å². The summed E-state index contributed by atoms with van der Waals surface area (Å²) >= 11 is 0. The van der Waals surface area contributed by atoms with Gasteiger partial charge in [-0.2, -0.15) is 13.8 Å². The molecule has 1 aromatic carbocycles. The highest BCUT2D eigenvalue weighted by Crippen LogP contribution is 2.17. The maximum Gasteiger partial charge on any atom is 0.314 e. The summed E-state index contributed by atoms with van der Waals surface area (Å²) in [6, 6.07) is 5.11. The predicted molar refractivity (Wildman–Crippen MR) is 111 cm³/mol. The molecule has 0 spiro atoms. The van der Waals surface area contributed by atoms with Crippen molar-refractivity contribution in [1.82, 2.24) is 25.4 Å². The topological polar surface area (TPSA) is 121 Å². The van der Waals surface area contributed by atoms with Crippen LogP contribution in [0.25, 0.3) is 12.8 Å². The molecule has 9 nitrogen and oxygen atoms in total. The number of hydrogen-bond donors (Lipinski definition) is 4. The van der Waals surface area contributed by atoms with Gasteiger partial charge in [0.15, 0.2) is 11.5 Å². The lowest BCUT2D eigenvalue weighted by atomic mass is 10.1. The van der Waals surface area contributed by atoms with Crippen LogP contribution in [0.2, 0.25) is 0 Å². The molecule has 3 rings (SSSR count). The van der Waals surface area contributed by atoms with E-state index in [2.05, 4.69) is 37.7 Å². The average Bonchev–Trinajstić information content (AvgIpc) is 2.71.